The fourth-order valence-corrected chi connectivity index (χ4v) is 4.48. The van der Waals surface area contributed by atoms with Gasteiger partial charge >= 0.3 is 5.97 Å². The molecule has 2 N–H and O–H groups in total. The molecule has 176 valence electrons. The van der Waals surface area contributed by atoms with Crippen molar-refractivity contribution < 1.29 is 19.4 Å². The molecule has 1 aliphatic heterocycles. The molecule has 0 aromatic heterocycles. The number of rotatable bonds is 10. The minimum Gasteiger partial charge on any atom is -0.491 e. The highest BCUT2D eigenvalue weighted by Gasteiger charge is 2.39. The van der Waals surface area contributed by atoms with Crippen molar-refractivity contribution in [2.24, 2.45) is 0 Å². The van der Waals surface area contributed by atoms with E-state index < -0.39 is 6.10 Å². The number of carbonyl (C=O) groups excluding carboxylic acids is 1. The van der Waals surface area contributed by atoms with E-state index >= 15 is 0 Å². The Hall–Kier alpha value is -2.67. The standard InChI is InChI=1S/C27H34N2O4/c1-32-27(31)12-9-20-7-10-24(11-8-20)33-19-23(30)18-29-15-13-22(14-16-29)28-26-17-25(26)21-5-3-2-4-6-21/h2-12,22-23,25-26,28,30H,13-19H2,1H3/b12-9+/t23?,25-,26+/m0/s1. The summed E-state index contributed by atoms with van der Waals surface area (Å²) in [6, 6.07) is 19.4. The van der Waals surface area contributed by atoms with E-state index in [1.807, 2.05) is 24.3 Å². The van der Waals surface area contributed by atoms with Gasteiger partial charge in [0.2, 0.25) is 0 Å². The van der Waals surface area contributed by atoms with Gasteiger partial charge < -0.3 is 24.8 Å². The van der Waals surface area contributed by atoms with Crippen LogP contribution < -0.4 is 10.1 Å². The average Bonchev–Trinajstić information content (AvgIpc) is 3.62. The van der Waals surface area contributed by atoms with Crippen molar-refractivity contribution in [2.45, 2.75) is 43.4 Å². The van der Waals surface area contributed by atoms with Gasteiger partial charge in [0.25, 0.3) is 0 Å². The molecule has 1 saturated heterocycles. The molecule has 2 aliphatic rings. The van der Waals surface area contributed by atoms with Gasteiger partial charge in [-0.05, 0) is 61.7 Å². The molecule has 3 atom stereocenters. The summed E-state index contributed by atoms with van der Waals surface area (Å²) in [5, 5.41) is 14.3. The highest BCUT2D eigenvalue weighted by molar-refractivity contribution is 5.86. The van der Waals surface area contributed by atoms with Crippen LogP contribution in [0.2, 0.25) is 0 Å². The number of nitrogens with one attached hydrogen (secondary N) is 1. The summed E-state index contributed by atoms with van der Waals surface area (Å²) in [5.41, 5.74) is 2.33. The second-order valence-electron chi connectivity index (χ2n) is 8.99. The number of ether oxygens (including phenoxy) is 2. The Bertz CT molecular complexity index is 907. The normalized spacial score (nSPS) is 22.2. The van der Waals surface area contributed by atoms with Gasteiger partial charge in [-0.3, -0.25) is 0 Å². The zero-order chi connectivity index (χ0) is 23.0. The van der Waals surface area contributed by atoms with Crippen molar-refractivity contribution in [1.29, 1.82) is 0 Å². The first kappa shape index (κ1) is 23.5. The Labute approximate surface area is 196 Å². The number of likely N-dealkylation sites (tertiary alicyclic amines) is 1. The van der Waals surface area contributed by atoms with Crippen LogP contribution in [0.4, 0.5) is 0 Å². The highest BCUT2D eigenvalue weighted by atomic mass is 16.5. The number of β-amino-alcohol motifs (C(OH)–C–C–N with tert-alkyl or cyclic N) is 1. The third kappa shape index (κ3) is 7.16. The average molecular weight is 451 g/mol. The van der Waals surface area contributed by atoms with E-state index in [1.165, 1.54) is 25.2 Å². The van der Waals surface area contributed by atoms with E-state index in [0.29, 0.717) is 30.3 Å². The quantitative estimate of drug-likeness (QED) is 0.428. The molecule has 6 nitrogen and oxygen atoms in total. The van der Waals surface area contributed by atoms with Crippen molar-refractivity contribution in [3.05, 3.63) is 71.8 Å². The number of aliphatic hydroxyl groups is 1. The summed E-state index contributed by atoms with van der Waals surface area (Å²) in [6.45, 7) is 2.89. The highest BCUT2D eigenvalue weighted by Crippen LogP contribution is 2.41. The summed E-state index contributed by atoms with van der Waals surface area (Å²) >= 11 is 0. The molecular formula is C27H34N2O4. The molecule has 1 unspecified atom stereocenters. The number of piperidine rings is 1. The Morgan fingerprint density at radius 3 is 2.58 bits per heavy atom. The fourth-order valence-electron chi connectivity index (χ4n) is 4.48. The molecule has 2 aromatic carbocycles. The predicted molar refractivity (Wildman–Crippen MR) is 129 cm³/mol. The van der Waals surface area contributed by atoms with Gasteiger partial charge in [-0.2, -0.15) is 0 Å². The zero-order valence-corrected chi connectivity index (χ0v) is 19.2. The van der Waals surface area contributed by atoms with Crippen LogP contribution in [-0.4, -0.2) is 67.5 Å². The monoisotopic (exact) mass is 450 g/mol. The van der Waals surface area contributed by atoms with Crippen LogP contribution in [0.5, 0.6) is 5.75 Å². The first-order valence-electron chi connectivity index (χ1n) is 11.8. The lowest BCUT2D eigenvalue weighted by atomic mass is 10.0. The molecule has 33 heavy (non-hydrogen) atoms. The van der Waals surface area contributed by atoms with Crippen LogP contribution >= 0.6 is 0 Å². The molecule has 2 fully saturated rings. The number of benzene rings is 2. The lowest BCUT2D eigenvalue weighted by Crippen LogP contribution is -2.46. The van der Waals surface area contributed by atoms with Crippen molar-refractivity contribution >= 4 is 12.0 Å². The molecule has 2 aromatic rings. The van der Waals surface area contributed by atoms with E-state index in [9.17, 15) is 9.90 Å². The topological polar surface area (TPSA) is 71.0 Å². The molecule has 4 rings (SSSR count). The molecule has 0 radical (unpaired) electrons. The van der Waals surface area contributed by atoms with E-state index in [0.717, 1.165) is 31.5 Å². The lowest BCUT2D eigenvalue weighted by molar-refractivity contribution is -0.134. The minimum absolute atomic E-state index is 0.260. The summed E-state index contributed by atoms with van der Waals surface area (Å²) in [4.78, 5) is 13.5. The number of hydrogen-bond acceptors (Lipinski definition) is 6. The Morgan fingerprint density at radius 1 is 1.15 bits per heavy atom. The lowest BCUT2D eigenvalue weighted by Gasteiger charge is -2.33. The number of aliphatic hydroxyl groups excluding tert-OH is 1. The molecule has 1 aliphatic carbocycles. The van der Waals surface area contributed by atoms with Gasteiger partial charge in [0.15, 0.2) is 0 Å². The smallest absolute Gasteiger partial charge is 0.330 e. The van der Waals surface area contributed by atoms with Crippen molar-refractivity contribution in [2.75, 3.05) is 33.4 Å². The SMILES string of the molecule is COC(=O)/C=C/c1ccc(OCC(O)CN2CCC(N[C@@H]3C[C@H]3c3ccccc3)CC2)cc1. The maximum absolute atomic E-state index is 11.2. The number of hydrogen-bond donors (Lipinski definition) is 2. The second-order valence-corrected chi connectivity index (χ2v) is 8.99. The van der Waals surface area contributed by atoms with Gasteiger partial charge in [-0.25, -0.2) is 4.79 Å². The molecule has 1 saturated carbocycles. The van der Waals surface area contributed by atoms with E-state index in [-0.39, 0.29) is 12.6 Å². The van der Waals surface area contributed by atoms with Crippen molar-refractivity contribution in [3.63, 3.8) is 0 Å². The molecule has 0 bridgehead atoms. The Kier molecular flexibility index (Phi) is 8.15. The second kappa shape index (κ2) is 11.5. The van der Waals surface area contributed by atoms with Crippen molar-refractivity contribution in [1.82, 2.24) is 10.2 Å². The predicted octanol–water partition coefficient (Wildman–Crippen LogP) is 3.22. The molecule has 0 amide bonds. The van der Waals surface area contributed by atoms with Crippen molar-refractivity contribution in [3.8, 4) is 5.75 Å². The van der Waals surface area contributed by atoms with Crippen LogP contribution in [0.15, 0.2) is 60.7 Å². The van der Waals surface area contributed by atoms with Crippen LogP contribution in [0.25, 0.3) is 6.08 Å². The number of nitrogens with zero attached hydrogens (tertiary/aromatic N) is 1. The van der Waals surface area contributed by atoms with E-state index in [1.54, 1.807) is 6.08 Å². The minimum atomic E-state index is -0.528. The molecule has 1 heterocycles. The number of esters is 1. The van der Waals surface area contributed by atoms with Crippen LogP contribution in [-0.2, 0) is 9.53 Å². The van der Waals surface area contributed by atoms with Gasteiger partial charge in [-0.15, -0.1) is 0 Å². The molecular weight excluding hydrogens is 416 g/mol. The summed E-state index contributed by atoms with van der Waals surface area (Å²) < 4.78 is 10.3. The third-order valence-electron chi connectivity index (χ3n) is 6.46. The fraction of sp³-hybridized carbons (Fsp3) is 0.444. The van der Waals surface area contributed by atoms with Gasteiger partial charge in [0, 0.05) is 30.6 Å². The summed E-state index contributed by atoms with van der Waals surface area (Å²) in [6.07, 6.45) is 6.01. The maximum atomic E-state index is 11.2. The van der Waals surface area contributed by atoms with E-state index in [4.69, 9.17) is 4.74 Å². The zero-order valence-electron chi connectivity index (χ0n) is 19.2. The van der Waals surface area contributed by atoms with Crippen LogP contribution in [0.3, 0.4) is 0 Å². The Balaban J connectivity index is 1.12. The molecule has 6 heteroatoms. The summed E-state index contributed by atoms with van der Waals surface area (Å²) in [7, 11) is 1.35. The van der Waals surface area contributed by atoms with Gasteiger partial charge in [0.1, 0.15) is 18.5 Å². The molecule has 0 spiro atoms. The largest absolute Gasteiger partial charge is 0.491 e. The number of carbonyl (C=O) groups is 1. The van der Waals surface area contributed by atoms with E-state index in [2.05, 4.69) is 45.3 Å². The third-order valence-corrected chi connectivity index (χ3v) is 6.46. The van der Waals surface area contributed by atoms with Gasteiger partial charge in [-0.1, -0.05) is 42.5 Å². The first-order valence-corrected chi connectivity index (χ1v) is 11.8. The van der Waals surface area contributed by atoms with Crippen LogP contribution in [0, 0.1) is 0 Å². The Morgan fingerprint density at radius 2 is 1.88 bits per heavy atom. The number of methoxy groups -OCH3 is 1. The summed E-state index contributed by atoms with van der Waals surface area (Å²) in [5.74, 6) is 0.980. The van der Waals surface area contributed by atoms with Gasteiger partial charge in [0.05, 0.1) is 7.11 Å². The maximum Gasteiger partial charge on any atom is 0.330 e. The van der Waals surface area contributed by atoms with Crippen LogP contribution in [0.1, 0.15) is 36.3 Å². The first-order chi connectivity index (χ1) is 16.1.